The monoisotopic (exact) mass is 357 g/mol. The molecule has 2 aliphatic rings. The van der Waals surface area contributed by atoms with E-state index in [9.17, 15) is 9.50 Å². The number of hydrogen-bond acceptors (Lipinski definition) is 5. The Bertz CT molecular complexity index is 779. The quantitative estimate of drug-likeness (QED) is 0.856. The maximum Gasteiger partial charge on any atom is 0.234 e. The zero-order valence-corrected chi connectivity index (χ0v) is 14.7. The van der Waals surface area contributed by atoms with E-state index >= 15 is 0 Å². The highest BCUT2D eigenvalue weighted by Crippen LogP contribution is 2.37. The van der Waals surface area contributed by atoms with Gasteiger partial charge in [0.2, 0.25) is 5.88 Å². The summed E-state index contributed by atoms with van der Waals surface area (Å²) in [6.07, 6.45) is 10.5. The molecule has 1 saturated carbocycles. The van der Waals surface area contributed by atoms with E-state index < -0.39 is 5.60 Å². The van der Waals surface area contributed by atoms with Crippen molar-refractivity contribution < 1.29 is 14.2 Å². The van der Waals surface area contributed by atoms with Crippen molar-refractivity contribution in [3.8, 4) is 5.88 Å². The maximum atomic E-state index is 13.4. The fourth-order valence-electron chi connectivity index (χ4n) is 3.96. The zero-order chi connectivity index (χ0) is 18.0. The minimum absolute atomic E-state index is 0.217. The Kier molecular flexibility index (Phi) is 4.76. The molecule has 0 radical (unpaired) electrons. The van der Waals surface area contributed by atoms with E-state index in [1.54, 1.807) is 18.5 Å². The normalized spacial score (nSPS) is 22.8. The van der Waals surface area contributed by atoms with Gasteiger partial charge in [0, 0.05) is 6.54 Å². The Morgan fingerprint density at radius 3 is 2.92 bits per heavy atom. The van der Waals surface area contributed by atoms with Crippen LogP contribution in [-0.4, -0.2) is 27.7 Å². The van der Waals surface area contributed by atoms with E-state index in [4.69, 9.17) is 4.74 Å². The maximum absolute atomic E-state index is 13.4. The van der Waals surface area contributed by atoms with Crippen molar-refractivity contribution in [3.63, 3.8) is 0 Å². The summed E-state index contributed by atoms with van der Waals surface area (Å²) in [6.45, 7) is 0.299. The van der Waals surface area contributed by atoms with Crippen molar-refractivity contribution in [2.24, 2.45) is 0 Å². The lowest BCUT2D eigenvalue weighted by molar-refractivity contribution is 0.0525. The molecule has 4 rings (SSSR count). The van der Waals surface area contributed by atoms with Gasteiger partial charge in [0.15, 0.2) is 0 Å². The number of nitrogens with zero attached hydrogens (tertiary/aromatic N) is 2. The van der Waals surface area contributed by atoms with Crippen LogP contribution in [0.2, 0.25) is 0 Å². The van der Waals surface area contributed by atoms with E-state index in [-0.39, 0.29) is 11.9 Å². The first kappa shape index (κ1) is 17.2. The van der Waals surface area contributed by atoms with Gasteiger partial charge in [-0.05, 0) is 61.8 Å². The first-order chi connectivity index (χ1) is 12.6. The van der Waals surface area contributed by atoms with Crippen LogP contribution in [-0.2, 0) is 12.0 Å². The minimum Gasteiger partial charge on any atom is -0.473 e. The van der Waals surface area contributed by atoms with Crippen molar-refractivity contribution in [1.29, 1.82) is 0 Å². The molecule has 1 unspecified atom stereocenters. The number of aliphatic hydroxyl groups is 1. The fraction of sp³-hybridized carbons (Fsp3) is 0.500. The molecule has 0 amide bonds. The number of aromatic nitrogens is 2. The smallest absolute Gasteiger partial charge is 0.234 e. The predicted octanol–water partition coefficient (Wildman–Crippen LogP) is 3.57. The number of aryl methyl sites for hydroxylation is 1. The lowest BCUT2D eigenvalue weighted by Crippen LogP contribution is -2.32. The summed E-state index contributed by atoms with van der Waals surface area (Å²) in [4.78, 5) is 8.65. The number of ether oxygens (including phenoxy) is 1. The van der Waals surface area contributed by atoms with Gasteiger partial charge < -0.3 is 15.2 Å². The molecule has 138 valence electrons. The Morgan fingerprint density at radius 1 is 1.23 bits per heavy atom. The van der Waals surface area contributed by atoms with Crippen LogP contribution in [0, 0.1) is 5.82 Å². The molecule has 2 N–H and O–H groups in total. The molecular weight excluding hydrogens is 333 g/mol. The number of rotatable bonds is 5. The molecule has 1 fully saturated rings. The van der Waals surface area contributed by atoms with Crippen molar-refractivity contribution >= 4 is 5.82 Å². The second-order valence-corrected chi connectivity index (χ2v) is 7.31. The fourth-order valence-corrected chi connectivity index (χ4v) is 3.96. The molecule has 1 atom stereocenters. The molecule has 0 aliphatic heterocycles. The first-order valence-corrected chi connectivity index (χ1v) is 9.36. The largest absolute Gasteiger partial charge is 0.473 e. The summed E-state index contributed by atoms with van der Waals surface area (Å²) < 4.78 is 19.3. The number of hydrogen-bond donors (Lipinski definition) is 2. The summed E-state index contributed by atoms with van der Waals surface area (Å²) in [5.41, 5.74) is 0.633. The molecule has 26 heavy (non-hydrogen) atoms. The van der Waals surface area contributed by atoms with Crippen LogP contribution < -0.4 is 10.1 Å². The number of nitrogens with one attached hydrogen (secondary N) is 1. The van der Waals surface area contributed by atoms with Gasteiger partial charge in [0.1, 0.15) is 23.3 Å². The lowest BCUT2D eigenvalue weighted by Gasteiger charge is -2.25. The van der Waals surface area contributed by atoms with Gasteiger partial charge in [-0.2, -0.15) is 4.98 Å². The van der Waals surface area contributed by atoms with Gasteiger partial charge in [-0.25, -0.2) is 4.39 Å². The van der Waals surface area contributed by atoms with Crippen LogP contribution in [0.25, 0.3) is 0 Å². The molecule has 2 aromatic rings. The van der Waals surface area contributed by atoms with Crippen molar-refractivity contribution in [2.75, 3.05) is 11.9 Å². The third-order valence-corrected chi connectivity index (χ3v) is 5.39. The molecular formula is C20H24FN3O2. The Hall–Kier alpha value is -2.21. The minimum atomic E-state index is -1.02. The Labute approximate surface area is 152 Å². The summed E-state index contributed by atoms with van der Waals surface area (Å²) in [5.74, 6) is 0.824. The molecule has 1 aromatic heterocycles. The molecule has 0 saturated heterocycles. The van der Waals surface area contributed by atoms with E-state index in [2.05, 4.69) is 15.3 Å². The van der Waals surface area contributed by atoms with Crippen LogP contribution in [0.5, 0.6) is 5.88 Å². The van der Waals surface area contributed by atoms with Gasteiger partial charge in [-0.1, -0.05) is 12.5 Å². The second-order valence-electron chi connectivity index (χ2n) is 7.31. The molecule has 5 nitrogen and oxygen atoms in total. The Balaban J connectivity index is 1.41. The summed E-state index contributed by atoms with van der Waals surface area (Å²) in [7, 11) is 0. The summed E-state index contributed by atoms with van der Waals surface area (Å²) in [6, 6.07) is 4.58. The third kappa shape index (κ3) is 3.65. The van der Waals surface area contributed by atoms with Crippen LogP contribution in [0.3, 0.4) is 0 Å². The third-order valence-electron chi connectivity index (χ3n) is 5.39. The van der Waals surface area contributed by atoms with Crippen LogP contribution in [0.4, 0.5) is 10.2 Å². The lowest BCUT2D eigenvalue weighted by atomic mass is 9.96. The topological polar surface area (TPSA) is 67.3 Å². The second kappa shape index (κ2) is 7.19. The molecule has 0 bridgehead atoms. The highest BCUT2D eigenvalue weighted by Gasteiger charge is 2.36. The van der Waals surface area contributed by atoms with E-state index in [1.807, 2.05) is 0 Å². The Morgan fingerprint density at radius 2 is 2.08 bits per heavy atom. The SMILES string of the molecule is OC1(CNc2cncc(OC3CCCCC3)n2)CCc2cc(F)ccc21. The summed E-state index contributed by atoms with van der Waals surface area (Å²) >= 11 is 0. The van der Waals surface area contributed by atoms with Crippen molar-refractivity contribution in [3.05, 3.63) is 47.5 Å². The molecule has 1 heterocycles. The van der Waals surface area contributed by atoms with E-state index in [0.717, 1.165) is 24.0 Å². The molecule has 6 heteroatoms. The number of anilines is 1. The van der Waals surface area contributed by atoms with Gasteiger partial charge in [-0.15, -0.1) is 0 Å². The van der Waals surface area contributed by atoms with Crippen LogP contribution in [0.1, 0.15) is 49.7 Å². The molecule has 1 aromatic carbocycles. The number of benzene rings is 1. The standard InChI is InChI=1S/C20H24FN3O2/c21-15-6-7-17-14(10-15)8-9-20(17,25)13-23-18-11-22-12-19(24-18)26-16-4-2-1-3-5-16/h6-7,10-12,16,25H,1-5,8-9,13H2,(H,23,24). The zero-order valence-electron chi connectivity index (χ0n) is 14.7. The highest BCUT2D eigenvalue weighted by atomic mass is 19.1. The van der Waals surface area contributed by atoms with E-state index in [0.29, 0.717) is 31.1 Å². The number of fused-ring (bicyclic) bond motifs is 1. The van der Waals surface area contributed by atoms with E-state index in [1.165, 1.54) is 31.4 Å². The molecule has 0 spiro atoms. The van der Waals surface area contributed by atoms with Gasteiger partial charge in [0.05, 0.1) is 12.4 Å². The average Bonchev–Trinajstić information content (AvgIpc) is 2.98. The van der Waals surface area contributed by atoms with Gasteiger partial charge in [-0.3, -0.25) is 4.98 Å². The van der Waals surface area contributed by atoms with Crippen molar-refractivity contribution in [2.45, 2.75) is 56.7 Å². The van der Waals surface area contributed by atoms with Crippen LogP contribution in [0.15, 0.2) is 30.6 Å². The van der Waals surface area contributed by atoms with Crippen molar-refractivity contribution in [1.82, 2.24) is 9.97 Å². The van der Waals surface area contributed by atoms with Gasteiger partial charge in [0.25, 0.3) is 0 Å². The van der Waals surface area contributed by atoms with Crippen LogP contribution >= 0.6 is 0 Å². The van der Waals surface area contributed by atoms with Gasteiger partial charge >= 0.3 is 0 Å². The average molecular weight is 357 g/mol. The predicted molar refractivity (Wildman–Crippen MR) is 96.6 cm³/mol. The molecule has 2 aliphatic carbocycles. The number of halogens is 1. The summed E-state index contributed by atoms with van der Waals surface area (Å²) in [5, 5.41) is 14.1. The highest BCUT2D eigenvalue weighted by molar-refractivity contribution is 5.41. The first-order valence-electron chi connectivity index (χ1n) is 9.36.